The lowest BCUT2D eigenvalue weighted by atomic mass is 10.1. The topological polar surface area (TPSA) is 71.4 Å². The van der Waals surface area contributed by atoms with Crippen LogP contribution in [0.1, 0.15) is 36.8 Å². The SMILES string of the molecule is O=C(O)C(CCCCCc1ccccc1)S(=O)(=O)c1cccc(C(F)(F)F)c1. The van der Waals surface area contributed by atoms with Crippen molar-refractivity contribution in [3.63, 3.8) is 0 Å². The first-order valence-electron chi connectivity index (χ1n) is 8.80. The maximum atomic E-state index is 12.8. The van der Waals surface area contributed by atoms with Crippen molar-refractivity contribution in [1.29, 1.82) is 0 Å². The van der Waals surface area contributed by atoms with Crippen LogP contribution >= 0.6 is 0 Å². The number of sulfone groups is 1. The van der Waals surface area contributed by atoms with E-state index >= 15 is 0 Å². The molecule has 1 N–H and O–H groups in total. The zero-order valence-corrected chi connectivity index (χ0v) is 15.8. The van der Waals surface area contributed by atoms with E-state index in [0.717, 1.165) is 36.6 Å². The third-order valence-electron chi connectivity index (χ3n) is 4.41. The van der Waals surface area contributed by atoms with E-state index in [0.29, 0.717) is 18.9 Å². The number of hydrogen-bond acceptors (Lipinski definition) is 3. The molecule has 28 heavy (non-hydrogen) atoms. The first-order chi connectivity index (χ1) is 13.1. The van der Waals surface area contributed by atoms with Gasteiger partial charge in [0.2, 0.25) is 0 Å². The molecule has 152 valence electrons. The first-order valence-corrected chi connectivity index (χ1v) is 10.3. The third kappa shape index (κ3) is 5.82. The lowest BCUT2D eigenvalue weighted by Gasteiger charge is -2.15. The number of hydrogen-bond donors (Lipinski definition) is 1. The van der Waals surface area contributed by atoms with Gasteiger partial charge in [0.15, 0.2) is 15.1 Å². The molecule has 2 aromatic carbocycles. The lowest BCUT2D eigenvalue weighted by molar-refractivity contribution is -0.138. The molecule has 1 atom stereocenters. The maximum absolute atomic E-state index is 12.8. The molecule has 8 heteroatoms. The van der Waals surface area contributed by atoms with Gasteiger partial charge < -0.3 is 5.11 Å². The zero-order chi connectivity index (χ0) is 20.8. The number of unbranched alkanes of at least 4 members (excludes halogenated alkanes) is 2. The summed E-state index contributed by atoms with van der Waals surface area (Å²) in [5.41, 5.74) is 0.00875. The van der Waals surface area contributed by atoms with Crippen LogP contribution in [0.25, 0.3) is 0 Å². The van der Waals surface area contributed by atoms with Crippen LogP contribution in [0, 0.1) is 0 Å². The Hall–Kier alpha value is -2.35. The summed E-state index contributed by atoms with van der Waals surface area (Å²) in [6.07, 6.45) is -2.33. The quantitative estimate of drug-likeness (QED) is 0.602. The highest BCUT2D eigenvalue weighted by molar-refractivity contribution is 7.92. The van der Waals surface area contributed by atoms with Gasteiger partial charge in [-0.2, -0.15) is 13.2 Å². The van der Waals surface area contributed by atoms with E-state index in [1.165, 1.54) is 0 Å². The van der Waals surface area contributed by atoms with Crippen molar-refractivity contribution in [3.8, 4) is 0 Å². The zero-order valence-electron chi connectivity index (χ0n) is 15.0. The van der Waals surface area contributed by atoms with Gasteiger partial charge in [-0.15, -0.1) is 0 Å². The predicted octanol–water partition coefficient (Wildman–Crippen LogP) is 4.74. The smallest absolute Gasteiger partial charge is 0.416 e. The Morgan fingerprint density at radius 3 is 2.25 bits per heavy atom. The summed E-state index contributed by atoms with van der Waals surface area (Å²) in [6.45, 7) is 0. The van der Waals surface area contributed by atoms with Gasteiger partial charge in [-0.1, -0.05) is 49.2 Å². The number of benzene rings is 2. The first kappa shape index (κ1) is 21.9. The highest BCUT2D eigenvalue weighted by Crippen LogP contribution is 2.31. The Kier molecular flexibility index (Phi) is 7.23. The van der Waals surface area contributed by atoms with Crippen molar-refractivity contribution < 1.29 is 31.5 Å². The predicted molar refractivity (Wildman–Crippen MR) is 98.7 cm³/mol. The molecular formula is C20H21F3O4S. The maximum Gasteiger partial charge on any atom is 0.416 e. The summed E-state index contributed by atoms with van der Waals surface area (Å²) in [6, 6.07) is 12.9. The Morgan fingerprint density at radius 1 is 0.964 bits per heavy atom. The molecule has 4 nitrogen and oxygen atoms in total. The van der Waals surface area contributed by atoms with Crippen LogP contribution in [0.15, 0.2) is 59.5 Å². The molecule has 0 aliphatic carbocycles. The van der Waals surface area contributed by atoms with E-state index < -0.39 is 37.7 Å². The van der Waals surface area contributed by atoms with Crippen LogP contribution in [-0.2, 0) is 27.2 Å². The fourth-order valence-corrected chi connectivity index (χ4v) is 4.54. The largest absolute Gasteiger partial charge is 0.480 e. The highest BCUT2D eigenvalue weighted by atomic mass is 32.2. The number of rotatable bonds is 9. The number of aliphatic carboxylic acids is 1. The van der Waals surface area contributed by atoms with Crippen molar-refractivity contribution in [2.45, 2.75) is 48.4 Å². The highest BCUT2D eigenvalue weighted by Gasteiger charge is 2.36. The Morgan fingerprint density at radius 2 is 1.64 bits per heavy atom. The number of carboxylic acids is 1. The summed E-state index contributed by atoms with van der Waals surface area (Å²) in [7, 11) is -4.42. The van der Waals surface area contributed by atoms with Gasteiger partial charge in [-0.25, -0.2) is 8.42 Å². The van der Waals surface area contributed by atoms with Crippen molar-refractivity contribution in [2.75, 3.05) is 0 Å². The van der Waals surface area contributed by atoms with Crippen molar-refractivity contribution in [1.82, 2.24) is 0 Å². The van der Waals surface area contributed by atoms with E-state index in [9.17, 15) is 31.5 Å². The molecular weight excluding hydrogens is 393 g/mol. The van der Waals surface area contributed by atoms with E-state index in [-0.39, 0.29) is 6.42 Å². The Labute approximate surface area is 161 Å². The van der Waals surface area contributed by atoms with Crippen LogP contribution in [0.4, 0.5) is 13.2 Å². The monoisotopic (exact) mass is 414 g/mol. The third-order valence-corrected chi connectivity index (χ3v) is 6.51. The summed E-state index contributed by atoms with van der Waals surface area (Å²) in [5, 5.41) is 7.56. The van der Waals surface area contributed by atoms with E-state index in [4.69, 9.17) is 0 Å². The number of aryl methyl sites for hydroxylation is 1. The second kappa shape index (κ2) is 9.23. The van der Waals surface area contributed by atoms with Gasteiger partial charge in [-0.05, 0) is 43.0 Å². The lowest BCUT2D eigenvalue weighted by Crippen LogP contribution is -2.30. The molecule has 2 rings (SSSR count). The van der Waals surface area contributed by atoms with Crippen LogP contribution in [0.3, 0.4) is 0 Å². The molecule has 0 bridgehead atoms. The summed E-state index contributed by atoms with van der Waals surface area (Å²) in [5.74, 6) is -1.56. The van der Waals surface area contributed by atoms with Crippen molar-refractivity contribution >= 4 is 15.8 Å². The van der Waals surface area contributed by atoms with Gasteiger partial charge in [0, 0.05) is 0 Å². The number of alkyl halides is 3. The fourth-order valence-electron chi connectivity index (χ4n) is 2.91. The molecule has 0 heterocycles. The Balaban J connectivity index is 2.03. The number of carboxylic acid groups (broad SMARTS) is 1. The Bertz CT molecular complexity index is 893. The number of halogens is 3. The molecule has 0 saturated carbocycles. The average Bonchev–Trinajstić information content (AvgIpc) is 2.64. The minimum atomic E-state index is -4.71. The molecule has 0 amide bonds. The van der Waals surface area contributed by atoms with Gasteiger partial charge >= 0.3 is 12.1 Å². The van der Waals surface area contributed by atoms with Crippen LogP contribution in [-0.4, -0.2) is 24.7 Å². The summed E-state index contributed by atoms with van der Waals surface area (Å²) < 4.78 is 63.7. The van der Waals surface area contributed by atoms with Gasteiger partial charge in [-0.3, -0.25) is 4.79 Å². The van der Waals surface area contributed by atoms with Gasteiger partial charge in [0.05, 0.1) is 10.5 Å². The standard InChI is InChI=1S/C20H21F3O4S/c21-20(22,23)16-11-7-12-17(14-16)28(26,27)18(19(24)25)13-6-2-5-10-15-8-3-1-4-9-15/h1,3-4,7-9,11-12,14,18H,2,5-6,10,13H2,(H,24,25). The van der Waals surface area contributed by atoms with Crippen molar-refractivity contribution in [2.24, 2.45) is 0 Å². The molecule has 0 aromatic heterocycles. The van der Waals surface area contributed by atoms with E-state index in [1.54, 1.807) is 0 Å². The van der Waals surface area contributed by atoms with Crippen LogP contribution in [0.2, 0.25) is 0 Å². The normalized spacial score (nSPS) is 13.2. The van der Waals surface area contributed by atoms with Gasteiger partial charge in [0.25, 0.3) is 0 Å². The second-order valence-corrected chi connectivity index (χ2v) is 8.61. The molecule has 0 spiro atoms. The van der Waals surface area contributed by atoms with E-state index in [1.807, 2.05) is 30.3 Å². The average molecular weight is 414 g/mol. The summed E-state index contributed by atoms with van der Waals surface area (Å²) >= 11 is 0. The van der Waals surface area contributed by atoms with E-state index in [2.05, 4.69) is 0 Å². The minimum Gasteiger partial charge on any atom is -0.480 e. The van der Waals surface area contributed by atoms with Crippen molar-refractivity contribution in [3.05, 3.63) is 65.7 Å². The minimum absolute atomic E-state index is 0.150. The molecule has 0 aliphatic rings. The fraction of sp³-hybridized carbons (Fsp3) is 0.350. The molecule has 0 fully saturated rings. The number of carbonyl (C=O) groups is 1. The molecule has 0 saturated heterocycles. The van der Waals surface area contributed by atoms with Gasteiger partial charge in [0.1, 0.15) is 0 Å². The molecule has 0 aliphatic heterocycles. The molecule has 2 aromatic rings. The molecule has 1 unspecified atom stereocenters. The van der Waals surface area contributed by atoms with Crippen LogP contribution < -0.4 is 0 Å². The summed E-state index contributed by atoms with van der Waals surface area (Å²) in [4.78, 5) is 10.9. The molecule has 0 radical (unpaired) electrons. The van der Waals surface area contributed by atoms with Crippen LogP contribution in [0.5, 0.6) is 0 Å². The second-order valence-electron chi connectivity index (χ2n) is 6.48.